The van der Waals surface area contributed by atoms with E-state index in [1.54, 1.807) is 0 Å². The van der Waals surface area contributed by atoms with Crippen molar-refractivity contribution >= 4 is 21.6 Å². The fourth-order valence-electron chi connectivity index (χ4n) is 1.72. The number of halogens is 1. The predicted molar refractivity (Wildman–Crippen MR) is 72.8 cm³/mol. The monoisotopic (exact) mass is 285 g/mol. The van der Waals surface area contributed by atoms with Crippen LogP contribution in [0.4, 0.5) is 5.69 Å². The molecule has 90 valence electrons. The van der Waals surface area contributed by atoms with Gasteiger partial charge in [-0.3, -0.25) is 0 Å². The van der Waals surface area contributed by atoms with Gasteiger partial charge in [-0.2, -0.15) is 0 Å². The smallest absolute Gasteiger partial charge is 0.0692 e. The molecule has 1 rings (SSSR count). The van der Waals surface area contributed by atoms with Crippen molar-refractivity contribution in [2.24, 2.45) is 5.92 Å². The molecule has 0 spiro atoms. The van der Waals surface area contributed by atoms with Crippen molar-refractivity contribution in [3.05, 3.63) is 28.2 Å². The van der Waals surface area contributed by atoms with Crippen molar-refractivity contribution in [3.8, 4) is 0 Å². The van der Waals surface area contributed by atoms with Gasteiger partial charge in [-0.25, -0.2) is 0 Å². The van der Waals surface area contributed by atoms with Gasteiger partial charge in [0.05, 0.1) is 6.61 Å². The van der Waals surface area contributed by atoms with Crippen LogP contribution in [0.1, 0.15) is 26.3 Å². The molecule has 0 amide bonds. The molecule has 1 N–H and O–H groups in total. The van der Waals surface area contributed by atoms with Gasteiger partial charge in [0.15, 0.2) is 0 Å². The van der Waals surface area contributed by atoms with Gasteiger partial charge < -0.3 is 10.0 Å². The molecule has 16 heavy (non-hydrogen) atoms. The summed E-state index contributed by atoms with van der Waals surface area (Å²) in [5.41, 5.74) is 2.14. The van der Waals surface area contributed by atoms with E-state index in [0.717, 1.165) is 23.1 Å². The van der Waals surface area contributed by atoms with Crippen molar-refractivity contribution in [1.82, 2.24) is 0 Å². The van der Waals surface area contributed by atoms with Crippen LogP contribution >= 0.6 is 15.9 Å². The molecule has 0 aliphatic rings. The average molecular weight is 286 g/mol. The summed E-state index contributed by atoms with van der Waals surface area (Å²) in [5.74, 6) is 0.649. The van der Waals surface area contributed by atoms with Crippen LogP contribution in [0.5, 0.6) is 0 Å². The Kier molecular flexibility index (Phi) is 5.29. The summed E-state index contributed by atoms with van der Waals surface area (Å²) in [5, 5.41) is 9.11. The first-order valence-corrected chi connectivity index (χ1v) is 6.52. The summed E-state index contributed by atoms with van der Waals surface area (Å²) in [6.45, 7) is 8.75. The average Bonchev–Trinajstić information content (AvgIpc) is 2.25. The second-order valence-corrected chi connectivity index (χ2v) is 5.22. The molecule has 0 aliphatic heterocycles. The molecule has 0 unspecified atom stereocenters. The van der Waals surface area contributed by atoms with Crippen molar-refractivity contribution in [2.45, 2.75) is 27.4 Å². The van der Waals surface area contributed by atoms with Gasteiger partial charge in [0, 0.05) is 23.2 Å². The van der Waals surface area contributed by atoms with Crippen LogP contribution in [0.15, 0.2) is 22.7 Å². The normalized spacial score (nSPS) is 10.9. The third-order valence-electron chi connectivity index (χ3n) is 2.54. The number of hydrogen-bond donors (Lipinski definition) is 1. The number of aliphatic hydroxyl groups is 1. The van der Waals surface area contributed by atoms with Crippen LogP contribution in [0.3, 0.4) is 0 Å². The van der Waals surface area contributed by atoms with Gasteiger partial charge >= 0.3 is 0 Å². The highest BCUT2D eigenvalue weighted by atomic mass is 79.9. The maximum absolute atomic E-state index is 9.11. The van der Waals surface area contributed by atoms with E-state index in [9.17, 15) is 0 Å². The third-order valence-corrected chi connectivity index (χ3v) is 3.28. The van der Waals surface area contributed by atoms with Crippen molar-refractivity contribution < 1.29 is 5.11 Å². The fraction of sp³-hybridized carbons (Fsp3) is 0.538. The molecule has 0 fully saturated rings. The fourth-order valence-corrected chi connectivity index (χ4v) is 2.21. The number of benzene rings is 1. The van der Waals surface area contributed by atoms with Crippen LogP contribution in [0.25, 0.3) is 0 Å². The minimum absolute atomic E-state index is 0.0805. The van der Waals surface area contributed by atoms with Crippen LogP contribution in [-0.4, -0.2) is 18.2 Å². The molecule has 0 saturated carbocycles. The van der Waals surface area contributed by atoms with Gasteiger partial charge in [-0.1, -0.05) is 35.8 Å². The highest BCUT2D eigenvalue weighted by Gasteiger charge is 2.08. The summed E-state index contributed by atoms with van der Waals surface area (Å²) < 4.78 is 0.981. The lowest BCUT2D eigenvalue weighted by molar-refractivity contribution is 0.281. The maximum atomic E-state index is 9.11. The number of nitrogens with zero attached hydrogens (tertiary/aromatic N) is 1. The Morgan fingerprint density at radius 1 is 1.38 bits per heavy atom. The Morgan fingerprint density at radius 3 is 2.50 bits per heavy atom. The van der Waals surface area contributed by atoms with Crippen LogP contribution < -0.4 is 4.90 Å². The molecule has 0 heterocycles. The van der Waals surface area contributed by atoms with Crippen molar-refractivity contribution in [3.63, 3.8) is 0 Å². The Morgan fingerprint density at radius 2 is 2.06 bits per heavy atom. The minimum atomic E-state index is 0.0805. The van der Waals surface area contributed by atoms with Crippen molar-refractivity contribution in [2.75, 3.05) is 18.0 Å². The van der Waals surface area contributed by atoms with E-state index in [4.69, 9.17) is 5.11 Å². The largest absolute Gasteiger partial charge is 0.392 e. The standard InChI is InChI=1S/C13H20BrNO/c1-4-15(8-10(2)3)12-6-5-11(9-16)13(14)7-12/h5-7,10,16H,4,8-9H2,1-3H3. The van der Waals surface area contributed by atoms with Gasteiger partial charge in [0.2, 0.25) is 0 Å². The lowest BCUT2D eigenvalue weighted by Gasteiger charge is -2.25. The number of aliphatic hydroxyl groups excluding tert-OH is 1. The third kappa shape index (κ3) is 3.49. The predicted octanol–water partition coefficient (Wildman–Crippen LogP) is 3.42. The van der Waals surface area contributed by atoms with Crippen LogP contribution in [0, 0.1) is 5.92 Å². The van der Waals surface area contributed by atoms with E-state index in [2.05, 4.69) is 53.7 Å². The molecule has 1 aromatic carbocycles. The van der Waals surface area contributed by atoms with E-state index in [1.165, 1.54) is 5.69 Å². The summed E-state index contributed by atoms with van der Waals surface area (Å²) >= 11 is 3.48. The van der Waals surface area contributed by atoms with Crippen LogP contribution in [0.2, 0.25) is 0 Å². The summed E-state index contributed by atoms with van der Waals surface area (Å²) in [6, 6.07) is 6.13. The lowest BCUT2D eigenvalue weighted by atomic mass is 10.1. The molecule has 0 saturated heterocycles. The maximum Gasteiger partial charge on any atom is 0.0692 e. The topological polar surface area (TPSA) is 23.5 Å². The molecule has 0 atom stereocenters. The quantitative estimate of drug-likeness (QED) is 0.896. The van der Waals surface area contributed by atoms with E-state index >= 15 is 0 Å². The SMILES string of the molecule is CCN(CC(C)C)c1ccc(CO)c(Br)c1. The Labute approximate surface area is 106 Å². The molecule has 0 aliphatic carbocycles. The molecule has 0 bridgehead atoms. The lowest BCUT2D eigenvalue weighted by Crippen LogP contribution is -2.27. The summed E-state index contributed by atoms with van der Waals surface area (Å²) in [4.78, 5) is 2.34. The van der Waals surface area contributed by atoms with E-state index in [1.807, 2.05) is 6.07 Å². The zero-order valence-corrected chi connectivity index (χ0v) is 11.8. The number of rotatable bonds is 5. The second kappa shape index (κ2) is 6.26. The highest BCUT2D eigenvalue weighted by Crippen LogP contribution is 2.24. The summed E-state index contributed by atoms with van der Waals surface area (Å²) in [6.07, 6.45) is 0. The number of anilines is 1. The van der Waals surface area contributed by atoms with E-state index in [0.29, 0.717) is 5.92 Å². The van der Waals surface area contributed by atoms with Gasteiger partial charge in [0.1, 0.15) is 0 Å². The minimum Gasteiger partial charge on any atom is -0.392 e. The van der Waals surface area contributed by atoms with Gasteiger partial charge in [-0.05, 0) is 30.5 Å². The molecule has 1 aromatic rings. The number of hydrogen-bond acceptors (Lipinski definition) is 2. The molecule has 0 aromatic heterocycles. The molecular weight excluding hydrogens is 266 g/mol. The zero-order chi connectivity index (χ0) is 12.1. The Balaban J connectivity index is 2.89. The Hall–Kier alpha value is -0.540. The molecule has 0 radical (unpaired) electrons. The summed E-state index contributed by atoms with van der Waals surface area (Å²) in [7, 11) is 0. The highest BCUT2D eigenvalue weighted by molar-refractivity contribution is 9.10. The molecule has 2 nitrogen and oxygen atoms in total. The first-order valence-electron chi connectivity index (χ1n) is 5.72. The van der Waals surface area contributed by atoms with Gasteiger partial charge in [-0.15, -0.1) is 0 Å². The molecular formula is C13H20BrNO. The van der Waals surface area contributed by atoms with Crippen LogP contribution in [-0.2, 0) is 6.61 Å². The van der Waals surface area contributed by atoms with Crippen molar-refractivity contribution in [1.29, 1.82) is 0 Å². The van der Waals surface area contributed by atoms with E-state index < -0.39 is 0 Å². The van der Waals surface area contributed by atoms with Gasteiger partial charge in [0.25, 0.3) is 0 Å². The Bertz CT molecular complexity index is 339. The first-order chi connectivity index (χ1) is 7.58. The van der Waals surface area contributed by atoms with E-state index in [-0.39, 0.29) is 6.61 Å². The second-order valence-electron chi connectivity index (χ2n) is 4.37. The zero-order valence-electron chi connectivity index (χ0n) is 10.2. The molecule has 3 heteroatoms. The first kappa shape index (κ1) is 13.5.